The minimum absolute atomic E-state index is 0.205. The number of amides is 1. The molecule has 3 rings (SSSR count). The third kappa shape index (κ3) is 2.17. The standard InChI is InChI=1S/C14H23N3OS/c15-12(19)14(5-3-6-14)13(18)17-9-8-16-7-2-1-4-11(16)10-17/h11H,1-10H2,(H2,15,19). The van der Waals surface area contributed by atoms with Crippen molar-refractivity contribution in [2.75, 3.05) is 26.2 Å². The zero-order valence-electron chi connectivity index (χ0n) is 11.4. The maximum Gasteiger partial charge on any atom is 0.235 e. The third-order valence-electron chi connectivity index (χ3n) is 5.21. The van der Waals surface area contributed by atoms with Crippen molar-refractivity contribution in [3.05, 3.63) is 0 Å². The molecule has 0 spiro atoms. The predicted octanol–water partition coefficient (Wildman–Crippen LogP) is 1.14. The molecule has 1 atom stereocenters. The number of rotatable bonds is 2. The summed E-state index contributed by atoms with van der Waals surface area (Å²) in [6.07, 6.45) is 6.61. The molecule has 1 saturated carbocycles. The molecule has 0 aromatic heterocycles. The summed E-state index contributed by atoms with van der Waals surface area (Å²) in [4.78, 5) is 17.7. The first-order valence-corrected chi connectivity index (χ1v) is 7.88. The van der Waals surface area contributed by atoms with E-state index in [1.165, 1.54) is 25.8 Å². The summed E-state index contributed by atoms with van der Waals surface area (Å²) in [5.74, 6) is 0.205. The lowest BCUT2D eigenvalue weighted by Crippen LogP contribution is -2.61. The Morgan fingerprint density at radius 1 is 1.16 bits per heavy atom. The summed E-state index contributed by atoms with van der Waals surface area (Å²) < 4.78 is 0. The van der Waals surface area contributed by atoms with Crippen LogP contribution in [-0.2, 0) is 4.79 Å². The Labute approximate surface area is 120 Å². The fraction of sp³-hybridized carbons (Fsp3) is 0.857. The Morgan fingerprint density at radius 2 is 1.95 bits per heavy atom. The van der Waals surface area contributed by atoms with Crippen LogP contribution < -0.4 is 5.73 Å². The van der Waals surface area contributed by atoms with Crippen LogP contribution in [0, 0.1) is 5.41 Å². The van der Waals surface area contributed by atoms with E-state index >= 15 is 0 Å². The number of hydrogen-bond acceptors (Lipinski definition) is 3. The van der Waals surface area contributed by atoms with Crippen molar-refractivity contribution in [1.29, 1.82) is 0 Å². The van der Waals surface area contributed by atoms with E-state index in [9.17, 15) is 4.79 Å². The lowest BCUT2D eigenvalue weighted by Gasteiger charge is -2.48. The highest BCUT2D eigenvalue weighted by Crippen LogP contribution is 2.43. The molecular weight excluding hydrogens is 258 g/mol. The molecule has 0 aromatic carbocycles. The van der Waals surface area contributed by atoms with E-state index in [1.807, 2.05) is 4.90 Å². The van der Waals surface area contributed by atoms with Crippen LogP contribution in [0.1, 0.15) is 38.5 Å². The topological polar surface area (TPSA) is 49.6 Å². The average Bonchev–Trinajstić information content (AvgIpc) is 2.36. The largest absolute Gasteiger partial charge is 0.392 e. The minimum Gasteiger partial charge on any atom is -0.392 e. The Balaban J connectivity index is 1.69. The Kier molecular flexibility index (Phi) is 3.52. The molecule has 0 bridgehead atoms. The molecule has 2 saturated heterocycles. The van der Waals surface area contributed by atoms with Crippen LogP contribution in [0.4, 0.5) is 0 Å². The highest BCUT2D eigenvalue weighted by molar-refractivity contribution is 7.80. The summed E-state index contributed by atoms with van der Waals surface area (Å²) in [5.41, 5.74) is 5.35. The second kappa shape index (κ2) is 5.02. The van der Waals surface area contributed by atoms with Crippen LogP contribution >= 0.6 is 12.2 Å². The van der Waals surface area contributed by atoms with Crippen LogP contribution in [0.3, 0.4) is 0 Å². The zero-order valence-corrected chi connectivity index (χ0v) is 12.3. The van der Waals surface area contributed by atoms with Crippen LogP contribution in [0.2, 0.25) is 0 Å². The van der Waals surface area contributed by atoms with Crippen molar-refractivity contribution in [3.63, 3.8) is 0 Å². The average molecular weight is 281 g/mol. The monoisotopic (exact) mass is 281 g/mol. The molecule has 106 valence electrons. The predicted molar refractivity (Wildman–Crippen MR) is 78.9 cm³/mol. The van der Waals surface area contributed by atoms with Gasteiger partial charge in [0, 0.05) is 25.7 Å². The molecule has 2 heterocycles. The van der Waals surface area contributed by atoms with Crippen LogP contribution in [0.25, 0.3) is 0 Å². The fourth-order valence-corrected chi connectivity index (χ4v) is 4.03. The number of nitrogens with two attached hydrogens (primary N) is 1. The van der Waals surface area contributed by atoms with E-state index in [1.54, 1.807) is 0 Å². The summed E-state index contributed by atoms with van der Waals surface area (Å²) in [5, 5.41) is 0. The second-order valence-electron chi connectivity index (χ2n) is 6.24. The molecule has 19 heavy (non-hydrogen) atoms. The van der Waals surface area contributed by atoms with Crippen molar-refractivity contribution in [3.8, 4) is 0 Å². The Morgan fingerprint density at radius 3 is 2.58 bits per heavy atom. The molecular formula is C14H23N3OS. The second-order valence-corrected chi connectivity index (χ2v) is 6.68. The van der Waals surface area contributed by atoms with E-state index in [4.69, 9.17) is 18.0 Å². The van der Waals surface area contributed by atoms with Gasteiger partial charge in [0.05, 0.1) is 10.4 Å². The van der Waals surface area contributed by atoms with Gasteiger partial charge < -0.3 is 10.6 Å². The third-order valence-corrected chi connectivity index (χ3v) is 5.60. The van der Waals surface area contributed by atoms with E-state index in [-0.39, 0.29) is 5.91 Å². The number of thiocarbonyl (C=S) groups is 1. The SMILES string of the molecule is NC(=S)C1(C(=O)N2CCN3CCCCC3C2)CCC1. The van der Waals surface area contributed by atoms with Crippen molar-refractivity contribution in [1.82, 2.24) is 9.80 Å². The summed E-state index contributed by atoms with van der Waals surface area (Å²) in [7, 11) is 0. The van der Waals surface area contributed by atoms with Gasteiger partial charge in [0.1, 0.15) is 0 Å². The van der Waals surface area contributed by atoms with E-state index in [2.05, 4.69) is 4.90 Å². The maximum absolute atomic E-state index is 12.8. The van der Waals surface area contributed by atoms with Gasteiger partial charge in [-0.15, -0.1) is 0 Å². The normalized spacial score (nSPS) is 30.3. The molecule has 2 aliphatic heterocycles. The fourth-order valence-electron chi connectivity index (χ4n) is 3.74. The van der Waals surface area contributed by atoms with Gasteiger partial charge >= 0.3 is 0 Å². The highest BCUT2D eigenvalue weighted by atomic mass is 32.1. The van der Waals surface area contributed by atoms with Crippen molar-refractivity contribution < 1.29 is 4.79 Å². The van der Waals surface area contributed by atoms with E-state index in [0.29, 0.717) is 11.0 Å². The van der Waals surface area contributed by atoms with Crippen molar-refractivity contribution >= 4 is 23.1 Å². The summed E-state index contributed by atoms with van der Waals surface area (Å²) in [6, 6.07) is 0.565. The van der Waals surface area contributed by atoms with Crippen LogP contribution in [-0.4, -0.2) is 52.9 Å². The van der Waals surface area contributed by atoms with Crippen molar-refractivity contribution in [2.45, 2.75) is 44.6 Å². The minimum atomic E-state index is -0.494. The van der Waals surface area contributed by atoms with Crippen LogP contribution in [0.15, 0.2) is 0 Å². The molecule has 4 nitrogen and oxygen atoms in total. The lowest BCUT2D eigenvalue weighted by atomic mass is 9.67. The number of fused-ring (bicyclic) bond motifs is 1. The Hall–Kier alpha value is -0.680. The number of piperidine rings is 1. The van der Waals surface area contributed by atoms with Gasteiger partial charge in [-0.1, -0.05) is 25.1 Å². The first kappa shape index (κ1) is 13.3. The van der Waals surface area contributed by atoms with E-state index < -0.39 is 5.41 Å². The first-order chi connectivity index (χ1) is 9.13. The zero-order chi connectivity index (χ0) is 13.5. The first-order valence-electron chi connectivity index (χ1n) is 7.47. The highest BCUT2D eigenvalue weighted by Gasteiger charge is 2.49. The quantitative estimate of drug-likeness (QED) is 0.771. The molecule has 5 heteroatoms. The molecule has 3 fully saturated rings. The van der Waals surface area contributed by atoms with Crippen molar-refractivity contribution in [2.24, 2.45) is 11.1 Å². The maximum atomic E-state index is 12.8. The van der Waals surface area contributed by atoms with Gasteiger partial charge in [0.2, 0.25) is 5.91 Å². The molecule has 3 aliphatic rings. The smallest absolute Gasteiger partial charge is 0.235 e. The van der Waals surface area contributed by atoms with Gasteiger partial charge in [-0.25, -0.2) is 0 Å². The molecule has 2 N–H and O–H groups in total. The summed E-state index contributed by atoms with van der Waals surface area (Å²) >= 11 is 5.16. The van der Waals surface area contributed by atoms with Gasteiger partial charge in [-0.05, 0) is 32.2 Å². The molecule has 1 unspecified atom stereocenters. The number of nitrogens with zero attached hydrogens (tertiary/aromatic N) is 2. The van der Waals surface area contributed by atoms with Gasteiger partial charge in [-0.3, -0.25) is 9.69 Å². The number of piperazine rings is 1. The lowest BCUT2D eigenvalue weighted by molar-refractivity contribution is -0.145. The van der Waals surface area contributed by atoms with Gasteiger partial charge in [0.15, 0.2) is 0 Å². The number of carbonyl (C=O) groups excluding carboxylic acids is 1. The number of carbonyl (C=O) groups is 1. The van der Waals surface area contributed by atoms with Gasteiger partial charge in [0.25, 0.3) is 0 Å². The Bertz CT molecular complexity index is 394. The van der Waals surface area contributed by atoms with E-state index in [0.717, 1.165) is 38.9 Å². The van der Waals surface area contributed by atoms with Gasteiger partial charge in [-0.2, -0.15) is 0 Å². The molecule has 0 aromatic rings. The molecule has 1 aliphatic carbocycles. The summed E-state index contributed by atoms with van der Waals surface area (Å²) in [6.45, 7) is 3.94. The number of hydrogen-bond donors (Lipinski definition) is 1. The van der Waals surface area contributed by atoms with Crippen LogP contribution in [0.5, 0.6) is 0 Å². The molecule has 1 amide bonds. The molecule has 0 radical (unpaired) electrons.